The molecule has 2 heterocycles. The number of hydrogen-bond donors (Lipinski definition) is 1. The fourth-order valence-electron chi connectivity index (χ4n) is 3.98. The third kappa shape index (κ3) is 3.43. The Balaban J connectivity index is 1.94. The number of nitrogens with zero attached hydrogens (tertiary/aromatic N) is 1. The lowest BCUT2D eigenvalue weighted by Crippen LogP contribution is -2.59. The molecule has 0 aromatic rings. The van der Waals surface area contributed by atoms with Crippen molar-refractivity contribution >= 4 is 11.8 Å². The summed E-state index contributed by atoms with van der Waals surface area (Å²) < 4.78 is 0. The summed E-state index contributed by atoms with van der Waals surface area (Å²) in [5, 5.41) is 3.76. The number of piperidine rings is 2. The summed E-state index contributed by atoms with van der Waals surface area (Å²) in [6.07, 6.45) is 10.6. The second kappa shape index (κ2) is 7.16. The van der Waals surface area contributed by atoms with Crippen LogP contribution in [0.25, 0.3) is 0 Å². The van der Waals surface area contributed by atoms with E-state index >= 15 is 0 Å². The molecule has 0 aromatic carbocycles. The number of nitrogens with one attached hydrogen (secondary N) is 1. The summed E-state index contributed by atoms with van der Waals surface area (Å²) in [6, 6.07) is 3.27. The molecule has 18 heavy (non-hydrogen) atoms. The molecule has 0 saturated carbocycles. The van der Waals surface area contributed by atoms with Gasteiger partial charge in [-0.25, -0.2) is 0 Å². The van der Waals surface area contributed by atoms with E-state index in [-0.39, 0.29) is 0 Å². The second-order valence-corrected chi connectivity index (χ2v) is 7.02. The summed E-state index contributed by atoms with van der Waals surface area (Å²) in [4.78, 5) is 2.87. The Labute approximate surface area is 117 Å². The van der Waals surface area contributed by atoms with Crippen LogP contribution >= 0.6 is 11.8 Å². The van der Waals surface area contributed by atoms with E-state index in [1.165, 1.54) is 50.8 Å². The van der Waals surface area contributed by atoms with Crippen LogP contribution in [0.3, 0.4) is 0 Å². The fraction of sp³-hybridized carbons (Fsp3) is 1.00. The Kier molecular flexibility index (Phi) is 5.84. The molecular weight excluding hydrogens is 240 g/mol. The molecule has 3 heteroatoms. The van der Waals surface area contributed by atoms with E-state index in [9.17, 15) is 0 Å². The zero-order valence-electron chi connectivity index (χ0n) is 12.3. The van der Waals surface area contributed by atoms with Gasteiger partial charge >= 0.3 is 0 Å². The molecule has 0 amide bonds. The first-order valence-electron chi connectivity index (χ1n) is 7.76. The molecule has 2 aliphatic heterocycles. The van der Waals surface area contributed by atoms with E-state index in [1.807, 2.05) is 11.8 Å². The highest BCUT2D eigenvalue weighted by Crippen LogP contribution is 2.36. The Bertz CT molecular complexity index is 233. The molecule has 2 bridgehead atoms. The van der Waals surface area contributed by atoms with Gasteiger partial charge in [-0.15, -0.1) is 0 Å². The molecule has 0 radical (unpaired) electrons. The van der Waals surface area contributed by atoms with Gasteiger partial charge in [-0.2, -0.15) is 11.8 Å². The van der Waals surface area contributed by atoms with E-state index in [0.29, 0.717) is 0 Å². The van der Waals surface area contributed by atoms with E-state index in [2.05, 4.69) is 30.3 Å². The highest BCUT2D eigenvalue weighted by Gasteiger charge is 2.39. The van der Waals surface area contributed by atoms with Gasteiger partial charge in [0, 0.05) is 29.9 Å². The fourth-order valence-corrected chi connectivity index (χ4v) is 4.63. The van der Waals surface area contributed by atoms with Crippen LogP contribution in [0.4, 0.5) is 0 Å². The van der Waals surface area contributed by atoms with Gasteiger partial charge in [0.2, 0.25) is 0 Å². The van der Waals surface area contributed by atoms with Crippen LogP contribution in [0.1, 0.15) is 52.4 Å². The van der Waals surface area contributed by atoms with Crippen LogP contribution in [0, 0.1) is 0 Å². The summed E-state index contributed by atoms with van der Waals surface area (Å²) >= 11 is 2.00. The molecule has 1 N–H and O–H groups in total. The minimum Gasteiger partial charge on any atom is -0.314 e. The zero-order valence-corrected chi connectivity index (χ0v) is 13.1. The van der Waals surface area contributed by atoms with Crippen LogP contribution < -0.4 is 5.32 Å². The van der Waals surface area contributed by atoms with Gasteiger partial charge < -0.3 is 5.32 Å². The van der Waals surface area contributed by atoms with E-state index in [4.69, 9.17) is 0 Å². The zero-order chi connectivity index (χ0) is 13.0. The smallest absolute Gasteiger partial charge is 0.0163 e. The third-order valence-electron chi connectivity index (χ3n) is 4.63. The van der Waals surface area contributed by atoms with Crippen LogP contribution in [-0.2, 0) is 0 Å². The van der Waals surface area contributed by atoms with Crippen molar-refractivity contribution < 1.29 is 0 Å². The van der Waals surface area contributed by atoms with Crippen molar-refractivity contribution in [2.75, 3.05) is 18.6 Å². The van der Waals surface area contributed by atoms with Gasteiger partial charge in [0.15, 0.2) is 0 Å². The van der Waals surface area contributed by atoms with Crippen molar-refractivity contribution in [3.63, 3.8) is 0 Å². The van der Waals surface area contributed by atoms with E-state index in [0.717, 1.165) is 24.2 Å². The van der Waals surface area contributed by atoms with Crippen molar-refractivity contribution in [1.29, 1.82) is 0 Å². The van der Waals surface area contributed by atoms with Gasteiger partial charge in [-0.05, 0) is 51.8 Å². The molecular formula is C15H30N2S. The van der Waals surface area contributed by atoms with E-state index in [1.54, 1.807) is 0 Å². The Hall–Kier alpha value is 0.270. The standard InChI is InChI=1S/C15H30N2S/c1-4-8-16-13-9-14-6-5-7-15(10-13)17(14)12(2)11-18-3/h12-16H,4-11H2,1-3H3. The van der Waals surface area contributed by atoms with Crippen LogP contribution in [0.2, 0.25) is 0 Å². The monoisotopic (exact) mass is 270 g/mol. The SMILES string of the molecule is CCCNC1CC2CCCC(C1)N2C(C)CSC. The molecule has 106 valence electrons. The topological polar surface area (TPSA) is 15.3 Å². The summed E-state index contributed by atoms with van der Waals surface area (Å²) in [5.74, 6) is 1.29. The summed E-state index contributed by atoms with van der Waals surface area (Å²) in [5.41, 5.74) is 0. The molecule has 3 atom stereocenters. The maximum atomic E-state index is 3.76. The first-order valence-corrected chi connectivity index (χ1v) is 9.15. The van der Waals surface area contributed by atoms with E-state index < -0.39 is 0 Å². The van der Waals surface area contributed by atoms with Gasteiger partial charge in [0.1, 0.15) is 0 Å². The van der Waals surface area contributed by atoms with Crippen molar-refractivity contribution in [3.05, 3.63) is 0 Å². The number of fused-ring (bicyclic) bond motifs is 2. The number of thioether (sulfide) groups is 1. The third-order valence-corrected chi connectivity index (χ3v) is 5.45. The molecule has 0 aromatic heterocycles. The van der Waals surface area contributed by atoms with Gasteiger partial charge in [-0.1, -0.05) is 13.3 Å². The lowest BCUT2D eigenvalue weighted by molar-refractivity contribution is 0.00169. The van der Waals surface area contributed by atoms with Gasteiger partial charge in [0.05, 0.1) is 0 Å². The average molecular weight is 270 g/mol. The molecule has 2 saturated heterocycles. The molecule has 2 fully saturated rings. The molecule has 2 aliphatic rings. The van der Waals surface area contributed by atoms with Gasteiger partial charge in [0.25, 0.3) is 0 Å². The quantitative estimate of drug-likeness (QED) is 0.798. The molecule has 2 nitrogen and oxygen atoms in total. The van der Waals surface area contributed by atoms with Crippen molar-refractivity contribution in [2.45, 2.75) is 76.5 Å². The summed E-state index contributed by atoms with van der Waals surface area (Å²) in [6.45, 7) is 5.90. The predicted molar refractivity (Wildman–Crippen MR) is 82.4 cm³/mol. The van der Waals surface area contributed by atoms with Crippen molar-refractivity contribution in [1.82, 2.24) is 10.2 Å². The highest BCUT2D eigenvalue weighted by atomic mass is 32.2. The maximum Gasteiger partial charge on any atom is 0.0163 e. The van der Waals surface area contributed by atoms with Crippen molar-refractivity contribution in [3.8, 4) is 0 Å². The normalized spacial score (nSPS) is 34.5. The first-order chi connectivity index (χ1) is 8.76. The minimum absolute atomic E-state index is 0.766. The average Bonchev–Trinajstić information content (AvgIpc) is 2.35. The molecule has 0 spiro atoms. The van der Waals surface area contributed by atoms with Crippen LogP contribution in [0.15, 0.2) is 0 Å². The maximum absolute atomic E-state index is 3.76. The molecule has 3 unspecified atom stereocenters. The predicted octanol–water partition coefficient (Wildman–Crippen LogP) is 3.12. The summed E-state index contributed by atoms with van der Waals surface area (Å²) in [7, 11) is 0. The van der Waals surface area contributed by atoms with Crippen LogP contribution in [0.5, 0.6) is 0 Å². The first kappa shape index (κ1) is 14.7. The Morgan fingerprint density at radius 3 is 2.50 bits per heavy atom. The Morgan fingerprint density at radius 1 is 1.28 bits per heavy atom. The minimum atomic E-state index is 0.766. The second-order valence-electron chi connectivity index (χ2n) is 6.11. The lowest BCUT2D eigenvalue weighted by atomic mass is 9.81. The molecule has 0 aliphatic carbocycles. The largest absolute Gasteiger partial charge is 0.314 e. The van der Waals surface area contributed by atoms with Gasteiger partial charge in [-0.3, -0.25) is 4.90 Å². The Morgan fingerprint density at radius 2 is 1.94 bits per heavy atom. The van der Waals surface area contributed by atoms with Crippen molar-refractivity contribution in [2.24, 2.45) is 0 Å². The lowest BCUT2D eigenvalue weighted by Gasteiger charge is -2.51. The molecule has 2 rings (SSSR count). The number of rotatable bonds is 6. The van der Waals surface area contributed by atoms with Crippen LogP contribution in [-0.4, -0.2) is 47.6 Å². The number of hydrogen-bond acceptors (Lipinski definition) is 3. The highest BCUT2D eigenvalue weighted by molar-refractivity contribution is 7.98.